The fourth-order valence-electron chi connectivity index (χ4n) is 3.97. The molecule has 21 heavy (non-hydrogen) atoms. The molecule has 0 radical (unpaired) electrons. The van der Waals surface area contributed by atoms with Gasteiger partial charge in [0.15, 0.2) is 5.78 Å². The van der Waals surface area contributed by atoms with Crippen molar-refractivity contribution < 1.29 is 4.79 Å². The van der Waals surface area contributed by atoms with Crippen LogP contribution in [0.4, 0.5) is 0 Å². The summed E-state index contributed by atoms with van der Waals surface area (Å²) < 4.78 is 0. The third kappa shape index (κ3) is 3.56. The molecule has 1 nitrogen and oxygen atoms in total. The first-order valence-electron chi connectivity index (χ1n) is 8.40. The van der Waals surface area contributed by atoms with E-state index in [0.29, 0.717) is 18.3 Å². The van der Waals surface area contributed by atoms with Gasteiger partial charge in [0.1, 0.15) is 0 Å². The van der Waals surface area contributed by atoms with Gasteiger partial charge < -0.3 is 0 Å². The second-order valence-corrected chi connectivity index (χ2v) is 7.61. The van der Waals surface area contributed by atoms with Gasteiger partial charge in [-0.15, -0.1) is 0 Å². The number of fused-ring (bicyclic) bond motifs is 1. The highest BCUT2D eigenvalue weighted by Gasteiger charge is 2.42. The number of allylic oxidation sites excluding steroid dienone is 5. The molecule has 1 heteroatoms. The first kappa shape index (κ1) is 16.3. The van der Waals surface area contributed by atoms with Gasteiger partial charge >= 0.3 is 0 Å². The van der Waals surface area contributed by atoms with Crippen molar-refractivity contribution >= 4 is 5.78 Å². The van der Waals surface area contributed by atoms with Gasteiger partial charge in [-0.1, -0.05) is 50.6 Å². The van der Waals surface area contributed by atoms with Crippen LogP contribution in [0.5, 0.6) is 0 Å². The fourth-order valence-corrected chi connectivity index (χ4v) is 3.97. The highest BCUT2D eigenvalue weighted by atomic mass is 16.1. The lowest BCUT2D eigenvalue weighted by molar-refractivity contribution is -0.117. The fraction of sp³-hybridized carbons (Fsp3) is 0.650. The zero-order chi connectivity index (χ0) is 15.6. The highest BCUT2D eigenvalue weighted by molar-refractivity contribution is 5.95. The summed E-state index contributed by atoms with van der Waals surface area (Å²) in [4.78, 5) is 12.5. The molecule has 0 aromatic heterocycles. The van der Waals surface area contributed by atoms with E-state index in [9.17, 15) is 4.79 Å². The average Bonchev–Trinajstić information content (AvgIpc) is 2.71. The standard InChI is InChI=1S/C20H30O/c1-14(2)17-11-12-20(5)13-19(21)16(4)8-6-7-15(3)9-10-18(17)20/h7,10,14,17H,4,6,8-9,11-13H2,1-3,5H3/t17-,20-/m0/s1. The summed E-state index contributed by atoms with van der Waals surface area (Å²) in [6.07, 6.45) is 10.5. The Labute approximate surface area is 130 Å². The Hall–Kier alpha value is -1.11. The zero-order valence-electron chi connectivity index (χ0n) is 14.2. The van der Waals surface area contributed by atoms with Crippen molar-refractivity contribution in [1.29, 1.82) is 0 Å². The monoisotopic (exact) mass is 286 g/mol. The van der Waals surface area contributed by atoms with Crippen LogP contribution >= 0.6 is 0 Å². The molecule has 2 atom stereocenters. The molecule has 0 spiro atoms. The molecule has 0 aromatic rings. The van der Waals surface area contributed by atoms with E-state index in [-0.39, 0.29) is 11.2 Å². The van der Waals surface area contributed by atoms with Crippen LogP contribution in [-0.2, 0) is 4.79 Å². The van der Waals surface area contributed by atoms with Gasteiger partial charge in [-0.05, 0) is 61.9 Å². The van der Waals surface area contributed by atoms with Gasteiger partial charge in [0.05, 0.1) is 0 Å². The first-order valence-corrected chi connectivity index (χ1v) is 8.40. The maximum absolute atomic E-state index is 12.5. The van der Waals surface area contributed by atoms with Crippen molar-refractivity contribution in [3.8, 4) is 0 Å². The lowest BCUT2D eigenvalue weighted by Crippen LogP contribution is -2.22. The Morgan fingerprint density at radius 2 is 2.05 bits per heavy atom. The van der Waals surface area contributed by atoms with Crippen molar-refractivity contribution in [2.75, 3.05) is 0 Å². The largest absolute Gasteiger partial charge is 0.295 e. The van der Waals surface area contributed by atoms with Gasteiger partial charge in [0.2, 0.25) is 0 Å². The molecular formula is C20H30O. The van der Waals surface area contributed by atoms with E-state index < -0.39 is 0 Å². The minimum atomic E-state index is 0.0551. The Bertz CT molecular complexity index is 492. The lowest BCUT2D eigenvalue weighted by atomic mass is 9.75. The van der Waals surface area contributed by atoms with Crippen molar-refractivity contribution in [2.45, 2.75) is 66.2 Å². The van der Waals surface area contributed by atoms with E-state index in [1.165, 1.54) is 17.6 Å². The average molecular weight is 286 g/mol. The predicted octanol–water partition coefficient (Wildman–Crippen LogP) is 5.63. The molecule has 0 N–H and O–H groups in total. The number of hydrogen-bond donors (Lipinski definition) is 0. The minimum Gasteiger partial charge on any atom is -0.295 e. The molecule has 2 aliphatic rings. The molecule has 0 aromatic carbocycles. The normalized spacial score (nSPS) is 31.6. The summed E-state index contributed by atoms with van der Waals surface area (Å²) in [5, 5.41) is 0. The Morgan fingerprint density at radius 1 is 1.33 bits per heavy atom. The molecule has 0 aliphatic heterocycles. The number of rotatable bonds is 1. The maximum Gasteiger partial charge on any atom is 0.159 e. The van der Waals surface area contributed by atoms with Crippen LogP contribution < -0.4 is 0 Å². The van der Waals surface area contributed by atoms with Gasteiger partial charge in [0.25, 0.3) is 0 Å². The number of Topliss-reactive ketones (excluding diaryl/α,β-unsaturated/α-hetero) is 1. The second kappa shape index (κ2) is 6.34. The summed E-state index contributed by atoms with van der Waals surface area (Å²) >= 11 is 0. The van der Waals surface area contributed by atoms with E-state index in [2.05, 4.69) is 46.4 Å². The Morgan fingerprint density at radius 3 is 2.71 bits per heavy atom. The van der Waals surface area contributed by atoms with Crippen molar-refractivity contribution in [3.05, 3.63) is 35.5 Å². The third-order valence-electron chi connectivity index (χ3n) is 5.44. The second-order valence-electron chi connectivity index (χ2n) is 7.61. The van der Waals surface area contributed by atoms with E-state index in [0.717, 1.165) is 31.3 Å². The molecule has 0 saturated heterocycles. The number of ketones is 1. The van der Waals surface area contributed by atoms with Crippen LogP contribution in [0.15, 0.2) is 35.5 Å². The summed E-state index contributed by atoms with van der Waals surface area (Å²) in [6, 6.07) is 0. The van der Waals surface area contributed by atoms with Crippen LogP contribution in [0.1, 0.15) is 66.2 Å². The van der Waals surface area contributed by atoms with Gasteiger partial charge in [-0.2, -0.15) is 0 Å². The van der Waals surface area contributed by atoms with Crippen LogP contribution in [0.25, 0.3) is 0 Å². The van der Waals surface area contributed by atoms with E-state index in [1.807, 2.05) is 0 Å². The smallest absolute Gasteiger partial charge is 0.159 e. The molecule has 0 bridgehead atoms. The highest BCUT2D eigenvalue weighted by Crippen LogP contribution is 2.52. The van der Waals surface area contributed by atoms with Crippen LogP contribution in [0.3, 0.4) is 0 Å². The molecule has 1 fully saturated rings. The van der Waals surface area contributed by atoms with Crippen molar-refractivity contribution in [2.24, 2.45) is 17.3 Å². The zero-order valence-corrected chi connectivity index (χ0v) is 14.2. The molecule has 2 aliphatic carbocycles. The number of carbonyl (C=O) groups is 1. The van der Waals surface area contributed by atoms with Crippen molar-refractivity contribution in [1.82, 2.24) is 0 Å². The topological polar surface area (TPSA) is 17.1 Å². The summed E-state index contributed by atoms with van der Waals surface area (Å²) in [5.41, 5.74) is 3.82. The molecule has 116 valence electrons. The molecule has 0 heterocycles. The summed E-state index contributed by atoms with van der Waals surface area (Å²) in [6.45, 7) is 13.1. The minimum absolute atomic E-state index is 0.0551. The molecule has 1 saturated carbocycles. The van der Waals surface area contributed by atoms with E-state index in [4.69, 9.17) is 0 Å². The van der Waals surface area contributed by atoms with Crippen LogP contribution in [0, 0.1) is 17.3 Å². The molecular weight excluding hydrogens is 256 g/mol. The van der Waals surface area contributed by atoms with Gasteiger partial charge in [-0.25, -0.2) is 0 Å². The van der Waals surface area contributed by atoms with Gasteiger partial charge in [-0.3, -0.25) is 4.79 Å². The van der Waals surface area contributed by atoms with Crippen molar-refractivity contribution in [3.63, 3.8) is 0 Å². The molecule has 0 unspecified atom stereocenters. The van der Waals surface area contributed by atoms with Gasteiger partial charge in [0, 0.05) is 6.42 Å². The SMILES string of the molecule is C=C1CCC=C(C)CC=C2[C@H](C(C)C)CC[C@@]2(C)CC1=O. The summed E-state index contributed by atoms with van der Waals surface area (Å²) in [5.74, 6) is 1.58. The van der Waals surface area contributed by atoms with Crippen LogP contribution in [0.2, 0.25) is 0 Å². The van der Waals surface area contributed by atoms with E-state index >= 15 is 0 Å². The first-order chi connectivity index (χ1) is 9.83. The number of carbonyl (C=O) groups excluding carboxylic acids is 1. The number of hydrogen-bond acceptors (Lipinski definition) is 1. The Kier molecular flexibility index (Phi) is 4.91. The molecule has 2 rings (SSSR count). The van der Waals surface area contributed by atoms with Crippen LogP contribution in [-0.4, -0.2) is 5.78 Å². The summed E-state index contributed by atoms with van der Waals surface area (Å²) in [7, 11) is 0. The quantitative estimate of drug-likeness (QED) is 0.451. The molecule has 0 amide bonds. The maximum atomic E-state index is 12.5. The lowest BCUT2D eigenvalue weighted by Gasteiger charge is -2.29. The Balaban J connectivity index is 2.38. The van der Waals surface area contributed by atoms with E-state index in [1.54, 1.807) is 0 Å². The third-order valence-corrected chi connectivity index (χ3v) is 5.44. The predicted molar refractivity (Wildman–Crippen MR) is 90.1 cm³/mol.